The van der Waals surface area contributed by atoms with E-state index in [4.69, 9.17) is 11.6 Å². The van der Waals surface area contributed by atoms with E-state index in [1.807, 2.05) is 17.5 Å². The van der Waals surface area contributed by atoms with Gasteiger partial charge in [0, 0.05) is 18.5 Å². The summed E-state index contributed by atoms with van der Waals surface area (Å²) in [6.45, 7) is 5.18. The smallest absolute Gasteiger partial charge is 0.133 e. The number of hydrogen-bond donors (Lipinski definition) is 1. The Balaban J connectivity index is 2.05. The molecule has 2 aromatic rings. The normalized spacial score (nSPS) is 24.6. The van der Waals surface area contributed by atoms with Crippen LogP contribution in [-0.2, 0) is 0 Å². The Kier molecular flexibility index (Phi) is 2.99. The summed E-state index contributed by atoms with van der Waals surface area (Å²) in [7, 11) is 0. The Labute approximate surface area is 111 Å². The van der Waals surface area contributed by atoms with E-state index in [2.05, 4.69) is 22.2 Å². The molecule has 2 atom stereocenters. The van der Waals surface area contributed by atoms with Crippen LogP contribution in [0.15, 0.2) is 12.4 Å². The minimum atomic E-state index is 0.433. The molecule has 0 bridgehead atoms. The average molecular weight is 265 g/mol. The average Bonchev–Trinajstić information content (AvgIpc) is 2.81. The van der Waals surface area contributed by atoms with Crippen LogP contribution in [0.2, 0.25) is 5.15 Å². The molecule has 96 valence electrons. The predicted octanol–water partition coefficient (Wildman–Crippen LogP) is 2.55. The Morgan fingerprint density at radius 1 is 1.33 bits per heavy atom. The fraction of sp³-hybridized carbons (Fsp3) is 0.538. The summed E-state index contributed by atoms with van der Waals surface area (Å²) in [6, 6.07) is 0.603. The quantitative estimate of drug-likeness (QED) is 0.861. The molecule has 0 amide bonds. The van der Waals surface area contributed by atoms with Crippen LogP contribution in [-0.4, -0.2) is 27.0 Å². The number of fused-ring (bicyclic) bond motifs is 1. The van der Waals surface area contributed by atoms with Crippen LogP contribution >= 0.6 is 11.6 Å². The minimum Gasteiger partial charge on any atom is -0.314 e. The van der Waals surface area contributed by atoms with Crippen LogP contribution in [0.5, 0.6) is 0 Å². The van der Waals surface area contributed by atoms with Crippen LogP contribution in [0.1, 0.15) is 37.2 Å². The van der Waals surface area contributed by atoms with Crippen molar-refractivity contribution in [1.82, 2.24) is 19.7 Å². The summed E-state index contributed by atoms with van der Waals surface area (Å²) in [5.41, 5.74) is 1.98. The van der Waals surface area contributed by atoms with Gasteiger partial charge >= 0.3 is 0 Å². The summed E-state index contributed by atoms with van der Waals surface area (Å²) in [6.07, 6.45) is 5.92. The second-order valence-corrected chi connectivity index (χ2v) is 5.47. The van der Waals surface area contributed by atoms with Gasteiger partial charge in [-0.25, -0.2) is 4.98 Å². The van der Waals surface area contributed by atoms with Gasteiger partial charge in [-0.2, -0.15) is 0 Å². The standard InChI is InChI=1S/C13H17ClN4/c1-8-3-4-10(5-15-8)13-17-6-11-9(2)16-7-12(14)18(11)13/h6-8,10,15H,3-5H2,1-2H3/t8?,10-/m1/s1. The van der Waals surface area contributed by atoms with Crippen LogP contribution in [0, 0.1) is 6.92 Å². The molecule has 3 heterocycles. The van der Waals surface area contributed by atoms with E-state index in [1.165, 1.54) is 6.42 Å². The molecule has 1 fully saturated rings. The van der Waals surface area contributed by atoms with E-state index in [-0.39, 0.29) is 0 Å². The number of aryl methyl sites for hydroxylation is 1. The molecule has 1 aliphatic heterocycles. The maximum atomic E-state index is 6.26. The summed E-state index contributed by atoms with van der Waals surface area (Å²) >= 11 is 6.26. The topological polar surface area (TPSA) is 42.2 Å². The molecule has 1 saturated heterocycles. The maximum absolute atomic E-state index is 6.26. The van der Waals surface area contributed by atoms with Crippen molar-refractivity contribution in [2.24, 2.45) is 0 Å². The molecule has 3 rings (SSSR count). The maximum Gasteiger partial charge on any atom is 0.133 e. The fourth-order valence-electron chi connectivity index (χ4n) is 2.63. The van der Waals surface area contributed by atoms with Crippen LogP contribution in [0.3, 0.4) is 0 Å². The Hall–Kier alpha value is -1.13. The monoisotopic (exact) mass is 264 g/mol. The molecule has 0 saturated carbocycles. The molecular formula is C13H17ClN4. The van der Waals surface area contributed by atoms with Crippen molar-refractivity contribution in [3.05, 3.63) is 29.1 Å². The Bertz CT molecular complexity index is 570. The summed E-state index contributed by atoms with van der Waals surface area (Å²) in [5.74, 6) is 1.49. The SMILES string of the molecule is Cc1ncc(Cl)n2c([C@@H]3CCC(C)NC3)ncc12. The first-order valence-electron chi connectivity index (χ1n) is 6.38. The zero-order valence-corrected chi connectivity index (χ0v) is 11.4. The number of hydrogen-bond acceptors (Lipinski definition) is 3. The van der Waals surface area contributed by atoms with Crippen molar-refractivity contribution in [1.29, 1.82) is 0 Å². The molecule has 1 N–H and O–H groups in total. The van der Waals surface area contributed by atoms with Crippen molar-refractivity contribution in [2.75, 3.05) is 6.54 Å². The van der Waals surface area contributed by atoms with E-state index in [1.54, 1.807) is 6.20 Å². The summed E-state index contributed by atoms with van der Waals surface area (Å²) in [5, 5.41) is 4.15. The van der Waals surface area contributed by atoms with Crippen LogP contribution in [0.4, 0.5) is 0 Å². The van der Waals surface area contributed by atoms with Crippen LogP contribution < -0.4 is 5.32 Å². The van der Waals surface area contributed by atoms with Gasteiger partial charge in [0.15, 0.2) is 0 Å². The van der Waals surface area contributed by atoms with Gasteiger partial charge in [0.25, 0.3) is 0 Å². The molecule has 18 heavy (non-hydrogen) atoms. The van der Waals surface area contributed by atoms with E-state index in [9.17, 15) is 0 Å². The fourth-order valence-corrected chi connectivity index (χ4v) is 2.85. The molecule has 4 nitrogen and oxygen atoms in total. The highest BCUT2D eigenvalue weighted by Gasteiger charge is 2.23. The number of aromatic nitrogens is 3. The summed E-state index contributed by atoms with van der Waals surface area (Å²) < 4.78 is 2.03. The van der Waals surface area contributed by atoms with E-state index >= 15 is 0 Å². The van der Waals surface area contributed by atoms with Gasteiger partial charge in [-0.15, -0.1) is 0 Å². The number of imidazole rings is 1. The van der Waals surface area contributed by atoms with Gasteiger partial charge in [-0.3, -0.25) is 9.38 Å². The lowest BCUT2D eigenvalue weighted by Gasteiger charge is -2.27. The minimum absolute atomic E-state index is 0.433. The first kappa shape index (κ1) is 11.9. The van der Waals surface area contributed by atoms with E-state index in [0.717, 1.165) is 30.0 Å². The van der Waals surface area contributed by atoms with Crippen molar-refractivity contribution in [3.63, 3.8) is 0 Å². The first-order chi connectivity index (χ1) is 8.66. The first-order valence-corrected chi connectivity index (χ1v) is 6.76. The number of nitrogens with one attached hydrogen (secondary N) is 1. The van der Waals surface area contributed by atoms with Gasteiger partial charge in [-0.1, -0.05) is 11.6 Å². The van der Waals surface area contributed by atoms with E-state index in [0.29, 0.717) is 17.1 Å². The Morgan fingerprint density at radius 3 is 2.89 bits per heavy atom. The lowest BCUT2D eigenvalue weighted by Crippen LogP contribution is -2.36. The number of rotatable bonds is 1. The zero-order chi connectivity index (χ0) is 12.7. The van der Waals surface area contributed by atoms with Gasteiger partial charge in [0.2, 0.25) is 0 Å². The predicted molar refractivity (Wildman–Crippen MR) is 72.2 cm³/mol. The molecule has 0 aliphatic carbocycles. The number of nitrogens with zero attached hydrogens (tertiary/aromatic N) is 3. The molecule has 1 unspecified atom stereocenters. The second kappa shape index (κ2) is 4.52. The van der Waals surface area contributed by atoms with Crippen molar-refractivity contribution in [2.45, 2.75) is 38.6 Å². The lowest BCUT2D eigenvalue weighted by molar-refractivity contribution is 0.375. The molecule has 1 aliphatic rings. The molecule has 0 radical (unpaired) electrons. The second-order valence-electron chi connectivity index (χ2n) is 5.09. The van der Waals surface area contributed by atoms with Gasteiger partial charge in [-0.05, 0) is 26.7 Å². The Morgan fingerprint density at radius 2 is 2.17 bits per heavy atom. The highest BCUT2D eigenvalue weighted by Crippen LogP contribution is 2.27. The van der Waals surface area contributed by atoms with E-state index < -0.39 is 0 Å². The molecule has 5 heteroatoms. The molecule has 0 spiro atoms. The van der Waals surface area contributed by atoms with Gasteiger partial charge in [0.1, 0.15) is 11.0 Å². The van der Waals surface area contributed by atoms with Crippen molar-refractivity contribution in [3.8, 4) is 0 Å². The van der Waals surface area contributed by atoms with Crippen molar-refractivity contribution < 1.29 is 0 Å². The molecule has 2 aromatic heterocycles. The zero-order valence-electron chi connectivity index (χ0n) is 10.7. The largest absolute Gasteiger partial charge is 0.314 e. The number of halogens is 1. The highest BCUT2D eigenvalue weighted by atomic mass is 35.5. The third-order valence-corrected chi connectivity index (χ3v) is 4.03. The third kappa shape index (κ3) is 1.89. The third-order valence-electron chi connectivity index (χ3n) is 3.76. The number of piperidine rings is 1. The van der Waals surface area contributed by atoms with Gasteiger partial charge in [0.05, 0.1) is 23.6 Å². The summed E-state index contributed by atoms with van der Waals surface area (Å²) in [4.78, 5) is 8.83. The molecular weight excluding hydrogens is 248 g/mol. The van der Waals surface area contributed by atoms with Gasteiger partial charge < -0.3 is 5.32 Å². The lowest BCUT2D eigenvalue weighted by atomic mass is 9.95. The highest BCUT2D eigenvalue weighted by molar-refractivity contribution is 6.29. The van der Waals surface area contributed by atoms with Crippen molar-refractivity contribution >= 4 is 17.1 Å². The van der Waals surface area contributed by atoms with Crippen LogP contribution in [0.25, 0.3) is 5.52 Å². The molecule has 0 aromatic carbocycles.